The van der Waals surface area contributed by atoms with Gasteiger partial charge in [-0.15, -0.1) is 0 Å². The van der Waals surface area contributed by atoms with Crippen LogP contribution >= 0.6 is 22.7 Å². The van der Waals surface area contributed by atoms with E-state index in [2.05, 4.69) is 15.3 Å². The normalized spacial score (nSPS) is 10.8. The smallest absolute Gasteiger partial charge is 0.161 e. The van der Waals surface area contributed by atoms with Gasteiger partial charge in [-0.3, -0.25) is 0 Å². The molecular weight excluding hydrogens is 327 g/mol. The van der Waals surface area contributed by atoms with Gasteiger partial charge in [0.05, 0.1) is 11.4 Å². The summed E-state index contributed by atoms with van der Waals surface area (Å²) in [5.41, 5.74) is 4.61. The lowest BCUT2D eigenvalue weighted by Crippen LogP contribution is -1.94. The second kappa shape index (κ2) is 6.02. The summed E-state index contributed by atoms with van der Waals surface area (Å²) in [4.78, 5) is 9.35. The number of nitrogens with zero attached hydrogens (tertiary/aromatic N) is 2. The number of rotatable bonds is 3. The van der Waals surface area contributed by atoms with Gasteiger partial charge in [-0.2, -0.15) is 22.7 Å². The van der Waals surface area contributed by atoms with Gasteiger partial charge in [0, 0.05) is 27.5 Å². The summed E-state index contributed by atoms with van der Waals surface area (Å²) in [5, 5.41) is 8.13. The zero-order valence-corrected chi connectivity index (χ0v) is 13.6. The van der Waals surface area contributed by atoms with Crippen LogP contribution in [0.1, 0.15) is 0 Å². The molecule has 0 aliphatic rings. The number of benzene rings is 1. The Balaban J connectivity index is 1.89. The first-order valence-electron chi connectivity index (χ1n) is 7.00. The molecule has 5 heteroatoms. The Morgan fingerprint density at radius 1 is 0.696 bits per heavy atom. The monoisotopic (exact) mass is 338 g/mol. The maximum absolute atomic E-state index is 13.2. The first-order valence-corrected chi connectivity index (χ1v) is 8.88. The van der Waals surface area contributed by atoms with Crippen LogP contribution in [0.2, 0.25) is 0 Å². The lowest BCUT2D eigenvalue weighted by atomic mass is 10.1. The van der Waals surface area contributed by atoms with E-state index in [0.717, 1.165) is 28.1 Å². The standard InChI is InChI=1S/C18H11FN2S2/c19-15-3-1-12(2-4-15)16-9-17(13-5-7-22-10-13)21-18(20-16)14-6-8-23-11-14/h1-11H. The Labute approximate surface area is 140 Å². The van der Waals surface area contributed by atoms with E-state index >= 15 is 0 Å². The summed E-state index contributed by atoms with van der Waals surface area (Å²) in [6.07, 6.45) is 0. The summed E-state index contributed by atoms with van der Waals surface area (Å²) >= 11 is 3.25. The highest BCUT2D eigenvalue weighted by molar-refractivity contribution is 7.08. The molecule has 3 heterocycles. The molecule has 2 nitrogen and oxygen atoms in total. The fourth-order valence-corrected chi connectivity index (χ4v) is 3.58. The molecule has 1 aromatic carbocycles. The van der Waals surface area contributed by atoms with Gasteiger partial charge in [-0.1, -0.05) is 0 Å². The predicted molar refractivity (Wildman–Crippen MR) is 94.1 cm³/mol. The third-order valence-corrected chi connectivity index (χ3v) is 4.83. The molecule has 0 radical (unpaired) electrons. The van der Waals surface area contributed by atoms with Crippen molar-refractivity contribution in [1.82, 2.24) is 9.97 Å². The van der Waals surface area contributed by atoms with Crippen molar-refractivity contribution in [2.75, 3.05) is 0 Å². The molecular formula is C18H11FN2S2. The van der Waals surface area contributed by atoms with E-state index in [4.69, 9.17) is 0 Å². The highest BCUT2D eigenvalue weighted by Crippen LogP contribution is 2.29. The maximum atomic E-state index is 13.2. The minimum Gasteiger partial charge on any atom is -0.228 e. The number of hydrogen-bond acceptors (Lipinski definition) is 4. The van der Waals surface area contributed by atoms with Crippen molar-refractivity contribution < 1.29 is 4.39 Å². The SMILES string of the molecule is Fc1ccc(-c2cc(-c3ccsc3)nc(-c3ccsc3)n2)cc1. The molecule has 0 spiro atoms. The molecule has 0 unspecified atom stereocenters. The first kappa shape index (κ1) is 14.2. The van der Waals surface area contributed by atoms with Gasteiger partial charge in [-0.25, -0.2) is 14.4 Å². The zero-order valence-electron chi connectivity index (χ0n) is 11.9. The van der Waals surface area contributed by atoms with E-state index in [9.17, 15) is 4.39 Å². The zero-order chi connectivity index (χ0) is 15.6. The lowest BCUT2D eigenvalue weighted by molar-refractivity contribution is 0.628. The molecule has 112 valence electrons. The second-order valence-corrected chi connectivity index (χ2v) is 6.55. The molecule has 0 N–H and O–H groups in total. The molecule has 0 atom stereocenters. The van der Waals surface area contributed by atoms with Gasteiger partial charge >= 0.3 is 0 Å². The summed E-state index contributed by atoms with van der Waals surface area (Å²) in [6, 6.07) is 12.4. The highest BCUT2D eigenvalue weighted by Gasteiger charge is 2.11. The fourth-order valence-electron chi connectivity index (χ4n) is 2.29. The average molecular weight is 338 g/mol. The molecule has 0 fully saturated rings. The maximum Gasteiger partial charge on any atom is 0.161 e. The van der Waals surface area contributed by atoms with Crippen molar-refractivity contribution in [1.29, 1.82) is 0 Å². The van der Waals surface area contributed by atoms with Crippen LogP contribution in [0, 0.1) is 5.82 Å². The number of thiophene rings is 2. The van der Waals surface area contributed by atoms with Crippen LogP contribution in [0.5, 0.6) is 0 Å². The largest absolute Gasteiger partial charge is 0.228 e. The molecule has 4 aromatic rings. The molecule has 0 bridgehead atoms. The third-order valence-electron chi connectivity index (χ3n) is 3.46. The van der Waals surface area contributed by atoms with E-state index in [1.807, 2.05) is 34.3 Å². The van der Waals surface area contributed by atoms with Gasteiger partial charge in [0.15, 0.2) is 5.82 Å². The lowest BCUT2D eigenvalue weighted by Gasteiger charge is -2.07. The number of aromatic nitrogens is 2. The number of hydrogen-bond donors (Lipinski definition) is 0. The minimum atomic E-state index is -0.251. The highest BCUT2D eigenvalue weighted by atomic mass is 32.1. The van der Waals surface area contributed by atoms with Gasteiger partial charge in [0.2, 0.25) is 0 Å². The van der Waals surface area contributed by atoms with Crippen LogP contribution in [-0.2, 0) is 0 Å². The predicted octanol–water partition coefficient (Wildman–Crippen LogP) is 5.74. The average Bonchev–Trinajstić information content (AvgIpc) is 3.29. The Bertz CT molecular complexity index is 862. The Kier molecular flexibility index (Phi) is 3.73. The summed E-state index contributed by atoms with van der Waals surface area (Å²) in [6.45, 7) is 0. The minimum absolute atomic E-state index is 0.251. The van der Waals surface area contributed by atoms with Crippen LogP contribution in [-0.4, -0.2) is 9.97 Å². The van der Waals surface area contributed by atoms with Crippen molar-refractivity contribution >= 4 is 22.7 Å². The number of halogens is 1. The molecule has 3 aromatic heterocycles. The van der Waals surface area contributed by atoms with Crippen molar-refractivity contribution in [3.8, 4) is 33.9 Å². The molecule has 0 saturated carbocycles. The first-order chi connectivity index (χ1) is 11.3. The van der Waals surface area contributed by atoms with E-state index in [-0.39, 0.29) is 5.82 Å². The van der Waals surface area contributed by atoms with Crippen molar-refractivity contribution in [3.63, 3.8) is 0 Å². The Morgan fingerprint density at radius 2 is 1.30 bits per heavy atom. The van der Waals surface area contributed by atoms with E-state index in [1.165, 1.54) is 12.1 Å². The Hall–Kier alpha value is -2.37. The molecule has 0 amide bonds. The quantitative estimate of drug-likeness (QED) is 0.476. The van der Waals surface area contributed by atoms with Crippen molar-refractivity contribution in [2.45, 2.75) is 0 Å². The van der Waals surface area contributed by atoms with E-state index < -0.39 is 0 Å². The van der Waals surface area contributed by atoms with Gasteiger partial charge < -0.3 is 0 Å². The third kappa shape index (κ3) is 2.93. The Morgan fingerprint density at radius 3 is 1.91 bits per heavy atom. The van der Waals surface area contributed by atoms with Gasteiger partial charge in [0.25, 0.3) is 0 Å². The van der Waals surface area contributed by atoms with Crippen LogP contribution in [0.15, 0.2) is 64.0 Å². The summed E-state index contributed by atoms with van der Waals surface area (Å²) < 4.78 is 13.2. The summed E-state index contributed by atoms with van der Waals surface area (Å²) in [5.74, 6) is 0.438. The van der Waals surface area contributed by atoms with Gasteiger partial charge in [-0.05, 0) is 53.2 Å². The molecule has 0 saturated heterocycles. The van der Waals surface area contributed by atoms with Gasteiger partial charge in [0.1, 0.15) is 5.82 Å². The second-order valence-electron chi connectivity index (χ2n) is 4.99. The van der Waals surface area contributed by atoms with E-state index in [0.29, 0.717) is 5.82 Å². The molecule has 0 aliphatic heterocycles. The topological polar surface area (TPSA) is 25.8 Å². The van der Waals surface area contributed by atoms with Crippen molar-refractivity contribution in [2.24, 2.45) is 0 Å². The molecule has 0 aliphatic carbocycles. The fraction of sp³-hybridized carbons (Fsp3) is 0. The van der Waals surface area contributed by atoms with Crippen molar-refractivity contribution in [3.05, 3.63) is 69.8 Å². The molecule has 4 rings (SSSR count). The van der Waals surface area contributed by atoms with Crippen LogP contribution < -0.4 is 0 Å². The van der Waals surface area contributed by atoms with Crippen LogP contribution in [0.25, 0.3) is 33.9 Å². The van der Waals surface area contributed by atoms with E-state index in [1.54, 1.807) is 34.8 Å². The summed E-state index contributed by atoms with van der Waals surface area (Å²) in [7, 11) is 0. The molecule has 23 heavy (non-hydrogen) atoms. The van der Waals surface area contributed by atoms with Crippen LogP contribution in [0.4, 0.5) is 4.39 Å². The van der Waals surface area contributed by atoms with Crippen LogP contribution in [0.3, 0.4) is 0 Å².